The third kappa shape index (κ3) is 14.8. The zero-order valence-corrected chi connectivity index (χ0v) is 35.9. The molecule has 0 bridgehead atoms. The molecule has 0 aliphatic heterocycles. The molecule has 0 spiro atoms. The number of hydrogen-bond acceptors (Lipinski definition) is 11. The SMILES string of the molecule is CC(C)c1cc(F)cc(C(C)C)c1NC(=O)NS(=O)(=O)c1ccn(C[C@@H](C)O)n1.CC(C)c1cc(F)cc(C(C)C)c1OC#N.C[C@@H](O)Cn1ccc(S(N)(=O)=O)n1. The maximum atomic E-state index is 14.0. The summed E-state index contributed by atoms with van der Waals surface area (Å²) in [6.45, 7) is 18.7. The highest BCUT2D eigenvalue weighted by Crippen LogP contribution is 2.36. The Hall–Kier alpha value is -4.94. The van der Waals surface area contributed by atoms with Crippen LogP contribution in [0.5, 0.6) is 5.75 Å². The van der Waals surface area contributed by atoms with E-state index in [1.807, 2.05) is 60.1 Å². The molecule has 0 aliphatic carbocycles. The van der Waals surface area contributed by atoms with Crippen LogP contribution >= 0.6 is 0 Å². The fraction of sp³-hybridized carbons (Fsp3) is 0.474. The summed E-state index contributed by atoms with van der Waals surface area (Å²) in [7, 11) is -7.95. The average molecular weight is 853 g/mol. The van der Waals surface area contributed by atoms with E-state index in [9.17, 15) is 35.5 Å². The predicted molar refractivity (Wildman–Crippen MR) is 214 cm³/mol. The highest BCUT2D eigenvalue weighted by molar-refractivity contribution is 7.90. The normalized spacial score (nSPS) is 12.7. The molecule has 0 saturated carbocycles. The van der Waals surface area contributed by atoms with Crippen molar-refractivity contribution in [2.75, 3.05) is 5.32 Å². The van der Waals surface area contributed by atoms with Crippen molar-refractivity contribution < 1.29 is 45.4 Å². The maximum absolute atomic E-state index is 14.0. The van der Waals surface area contributed by atoms with Gasteiger partial charge in [-0.1, -0.05) is 55.4 Å². The fourth-order valence-electron chi connectivity index (χ4n) is 5.40. The van der Waals surface area contributed by atoms with Gasteiger partial charge in [-0.3, -0.25) is 9.36 Å². The topological polar surface area (TPSA) is 245 Å². The number of aliphatic hydroxyl groups excluding tert-OH is 2. The molecule has 58 heavy (non-hydrogen) atoms. The number of halogens is 2. The summed E-state index contributed by atoms with van der Waals surface area (Å²) in [5.74, 6) is -0.128. The van der Waals surface area contributed by atoms with Gasteiger partial charge in [-0.2, -0.15) is 18.6 Å². The van der Waals surface area contributed by atoms with Gasteiger partial charge in [-0.05, 0) is 85.0 Å². The van der Waals surface area contributed by atoms with Crippen molar-refractivity contribution >= 4 is 31.8 Å². The molecule has 2 heterocycles. The molecular weight excluding hydrogens is 799 g/mol. The van der Waals surface area contributed by atoms with Crippen molar-refractivity contribution in [2.24, 2.45) is 5.14 Å². The molecule has 6 N–H and O–H groups in total. The van der Waals surface area contributed by atoms with Crippen molar-refractivity contribution in [3.05, 3.63) is 82.7 Å². The van der Waals surface area contributed by atoms with E-state index in [0.29, 0.717) is 22.6 Å². The van der Waals surface area contributed by atoms with Crippen molar-refractivity contribution in [1.29, 1.82) is 5.26 Å². The maximum Gasteiger partial charge on any atom is 0.333 e. The number of nitrogens with zero attached hydrogens (tertiary/aromatic N) is 5. The van der Waals surface area contributed by atoms with Crippen LogP contribution in [-0.4, -0.2) is 64.8 Å². The lowest BCUT2D eigenvalue weighted by molar-refractivity contribution is 0.167. The third-order valence-electron chi connectivity index (χ3n) is 8.08. The Morgan fingerprint density at radius 2 is 1.14 bits per heavy atom. The average Bonchev–Trinajstić information content (AvgIpc) is 3.76. The van der Waals surface area contributed by atoms with Gasteiger partial charge in [-0.15, -0.1) is 5.26 Å². The Balaban J connectivity index is 0.000000335. The van der Waals surface area contributed by atoms with Crippen LogP contribution in [-0.2, 0) is 33.1 Å². The number of hydrogen-bond donors (Lipinski definition) is 5. The van der Waals surface area contributed by atoms with Crippen molar-refractivity contribution in [3.8, 4) is 12.0 Å². The number of aromatic nitrogens is 4. The molecule has 20 heteroatoms. The Morgan fingerprint density at radius 1 is 0.759 bits per heavy atom. The molecule has 0 unspecified atom stereocenters. The number of benzene rings is 2. The Morgan fingerprint density at radius 3 is 1.48 bits per heavy atom. The first-order valence-corrected chi connectivity index (χ1v) is 21.3. The number of carbonyl (C=O) groups is 1. The van der Waals surface area contributed by atoms with Crippen molar-refractivity contribution in [3.63, 3.8) is 0 Å². The number of anilines is 1. The summed E-state index contributed by atoms with van der Waals surface area (Å²) in [5, 5.41) is 41.4. The van der Waals surface area contributed by atoms with Crippen LogP contribution < -0.4 is 19.9 Å². The first-order chi connectivity index (χ1) is 26.8. The first-order valence-electron chi connectivity index (χ1n) is 18.3. The quantitative estimate of drug-likeness (QED) is 0.0976. The van der Waals surface area contributed by atoms with Gasteiger partial charge in [0.15, 0.2) is 10.1 Å². The lowest BCUT2D eigenvalue weighted by atomic mass is 9.92. The summed E-state index contributed by atoms with van der Waals surface area (Å²) < 4.78 is 83.4. The van der Waals surface area contributed by atoms with Gasteiger partial charge in [0.05, 0.1) is 25.3 Å². The molecule has 0 radical (unpaired) electrons. The van der Waals surface area contributed by atoms with Gasteiger partial charge in [-0.25, -0.2) is 31.9 Å². The summed E-state index contributed by atoms with van der Waals surface area (Å²) in [5.41, 5.74) is 3.02. The second-order valence-electron chi connectivity index (χ2n) is 14.7. The smallest absolute Gasteiger partial charge is 0.333 e. The third-order valence-corrected chi connectivity index (χ3v) is 10.1. The molecule has 4 aromatic rings. The predicted octanol–water partition coefficient (Wildman–Crippen LogP) is 6.00. The van der Waals surface area contributed by atoms with E-state index in [-0.39, 0.29) is 52.6 Å². The fourth-order valence-corrected chi connectivity index (χ4v) is 6.72. The van der Waals surface area contributed by atoms with Gasteiger partial charge in [0.25, 0.3) is 26.3 Å². The second-order valence-corrected chi connectivity index (χ2v) is 17.9. The van der Waals surface area contributed by atoms with Gasteiger partial charge >= 0.3 is 6.03 Å². The minimum absolute atomic E-state index is 0.0914. The number of primary sulfonamides is 1. The lowest BCUT2D eigenvalue weighted by Crippen LogP contribution is -2.35. The molecule has 0 fully saturated rings. The number of nitriles is 1. The van der Waals surface area contributed by atoms with E-state index < -0.39 is 44.1 Å². The number of aliphatic hydroxyl groups is 2. The number of urea groups is 1. The van der Waals surface area contributed by atoms with E-state index in [4.69, 9.17) is 20.2 Å². The molecule has 2 amide bonds. The standard InChI is InChI=1S/C19H27FN4O4S.C13H16FNO.C6H11N3O3S/c1-11(2)15-8-14(20)9-16(12(3)4)18(15)21-19(26)23-29(27,28)17-6-7-24(22-17)10-13(5)25;1-8(2)11-5-10(14)6-12(9(3)4)13(11)16-7-15;1-5(10)4-9-3-2-6(8-9)13(7,11)12/h6-9,11-13,25H,10H2,1-5H3,(H2,21,23,26);5-6,8-9H,1-4H3;2-3,5,10H,4H2,1H3,(H2,7,11,12)/t13-;;5-/m1.1/s1. The number of carbonyl (C=O) groups excluding carboxylic acids is 1. The van der Waals surface area contributed by atoms with E-state index in [1.165, 1.54) is 58.2 Å². The van der Waals surface area contributed by atoms with Gasteiger partial charge in [0.2, 0.25) is 0 Å². The number of nitrogens with two attached hydrogens (primary N) is 1. The molecule has 2 atom stereocenters. The first kappa shape index (κ1) is 49.2. The Kier molecular flexibility index (Phi) is 18.0. The minimum Gasteiger partial charge on any atom is -0.391 e. The molecule has 16 nitrogen and oxygen atoms in total. The van der Waals surface area contributed by atoms with Crippen molar-refractivity contribution in [1.82, 2.24) is 24.3 Å². The number of ether oxygens (including phenoxy) is 1. The molecule has 2 aromatic heterocycles. The van der Waals surface area contributed by atoms with Crippen LogP contribution in [0.2, 0.25) is 0 Å². The van der Waals surface area contributed by atoms with Gasteiger partial charge < -0.3 is 20.3 Å². The largest absolute Gasteiger partial charge is 0.391 e. The van der Waals surface area contributed by atoms with Gasteiger partial charge in [0.1, 0.15) is 17.4 Å². The summed E-state index contributed by atoms with van der Waals surface area (Å²) in [6, 6.07) is 7.08. The highest BCUT2D eigenvalue weighted by atomic mass is 32.2. The Labute approximate surface area is 339 Å². The van der Waals surface area contributed by atoms with Crippen LogP contribution in [0.3, 0.4) is 0 Å². The number of nitrogens with one attached hydrogen (secondary N) is 2. The minimum atomic E-state index is -4.22. The molecule has 0 saturated heterocycles. The summed E-state index contributed by atoms with van der Waals surface area (Å²) >= 11 is 0. The van der Waals surface area contributed by atoms with E-state index in [2.05, 4.69) is 15.5 Å². The molecule has 4 rings (SSSR count). The second kappa shape index (κ2) is 21.2. The van der Waals surface area contributed by atoms with Crippen LogP contribution in [0, 0.1) is 23.2 Å². The highest BCUT2D eigenvalue weighted by Gasteiger charge is 2.24. The van der Waals surface area contributed by atoms with E-state index in [1.54, 1.807) is 20.1 Å². The summed E-state index contributed by atoms with van der Waals surface area (Å²) in [6.07, 6.45) is 3.24. The molecule has 320 valence electrons. The van der Waals surface area contributed by atoms with Crippen LogP contribution in [0.4, 0.5) is 19.3 Å². The van der Waals surface area contributed by atoms with E-state index >= 15 is 0 Å². The molecule has 0 aliphatic rings. The van der Waals surface area contributed by atoms with Crippen LogP contribution in [0.1, 0.15) is 115 Å². The zero-order chi connectivity index (χ0) is 44.3. The summed E-state index contributed by atoms with van der Waals surface area (Å²) in [4.78, 5) is 12.5. The van der Waals surface area contributed by atoms with Crippen LogP contribution in [0.15, 0.2) is 58.8 Å². The van der Waals surface area contributed by atoms with Crippen molar-refractivity contribution in [2.45, 2.75) is 128 Å². The monoisotopic (exact) mass is 852 g/mol. The number of sulfonamides is 2. The van der Waals surface area contributed by atoms with Gasteiger partial charge in [0, 0.05) is 29.2 Å². The molecule has 2 aromatic carbocycles. The lowest BCUT2D eigenvalue weighted by Gasteiger charge is -2.20. The van der Waals surface area contributed by atoms with Crippen LogP contribution in [0.25, 0.3) is 0 Å². The van der Waals surface area contributed by atoms with E-state index in [0.717, 1.165) is 11.1 Å². The number of rotatable bonds is 13. The zero-order valence-electron chi connectivity index (χ0n) is 34.2. The molecular formula is C38H54F2N8O8S2. The number of amides is 2. The Bertz CT molecular complexity index is 2210.